The molecular formula is C20H29F2N3O4. The normalized spacial score (nSPS) is 11.6. The van der Waals surface area contributed by atoms with E-state index in [-0.39, 0.29) is 31.9 Å². The molecule has 1 aromatic carbocycles. The number of para-hydroxylation sites is 1. The van der Waals surface area contributed by atoms with Crippen LogP contribution < -0.4 is 21.1 Å². The average molecular weight is 413 g/mol. The molecule has 0 unspecified atom stereocenters. The Kier molecular flexibility index (Phi) is 11.3. The van der Waals surface area contributed by atoms with Crippen molar-refractivity contribution in [2.45, 2.75) is 57.9 Å². The van der Waals surface area contributed by atoms with Gasteiger partial charge in [-0.05, 0) is 18.6 Å². The van der Waals surface area contributed by atoms with Gasteiger partial charge in [-0.15, -0.1) is 0 Å². The third-order valence-electron chi connectivity index (χ3n) is 4.13. The molecule has 0 fully saturated rings. The number of rotatable bonds is 14. The van der Waals surface area contributed by atoms with Gasteiger partial charge in [0, 0.05) is 6.42 Å². The first-order chi connectivity index (χ1) is 13.8. The molecule has 0 saturated heterocycles. The molecule has 0 saturated carbocycles. The van der Waals surface area contributed by atoms with Crippen molar-refractivity contribution < 1.29 is 27.9 Å². The van der Waals surface area contributed by atoms with E-state index in [1.54, 1.807) is 0 Å². The topological polar surface area (TPSA) is 111 Å². The maximum atomic E-state index is 13.5. The first-order valence-corrected chi connectivity index (χ1v) is 9.77. The van der Waals surface area contributed by atoms with Gasteiger partial charge in [0.05, 0.1) is 13.0 Å². The number of benzene rings is 1. The minimum Gasteiger partial charge on any atom is -0.486 e. The highest BCUT2D eigenvalue weighted by Crippen LogP contribution is 2.20. The van der Waals surface area contributed by atoms with Crippen molar-refractivity contribution in [1.29, 1.82) is 0 Å². The van der Waals surface area contributed by atoms with Crippen molar-refractivity contribution in [3.05, 3.63) is 29.8 Å². The number of halogens is 2. The van der Waals surface area contributed by atoms with E-state index in [1.807, 2.05) is 0 Å². The summed E-state index contributed by atoms with van der Waals surface area (Å²) in [5, 5.41) is 4.96. The second-order valence-electron chi connectivity index (χ2n) is 6.65. The first-order valence-electron chi connectivity index (χ1n) is 9.77. The van der Waals surface area contributed by atoms with Gasteiger partial charge in [-0.2, -0.15) is 0 Å². The van der Waals surface area contributed by atoms with Crippen molar-refractivity contribution in [1.82, 2.24) is 10.6 Å². The van der Waals surface area contributed by atoms with Crippen LogP contribution in [0.3, 0.4) is 0 Å². The second-order valence-corrected chi connectivity index (χ2v) is 6.65. The maximum absolute atomic E-state index is 13.5. The Hall–Kier alpha value is -2.71. The number of hydrogen-bond acceptors (Lipinski definition) is 4. The number of nitrogens with two attached hydrogens (primary N) is 1. The van der Waals surface area contributed by atoms with Crippen molar-refractivity contribution in [3.8, 4) is 5.75 Å². The van der Waals surface area contributed by atoms with E-state index >= 15 is 0 Å². The highest BCUT2D eigenvalue weighted by molar-refractivity contribution is 5.91. The average Bonchev–Trinajstić information content (AvgIpc) is 2.65. The Morgan fingerprint density at radius 1 is 1.10 bits per heavy atom. The van der Waals surface area contributed by atoms with Gasteiger partial charge < -0.3 is 21.1 Å². The van der Waals surface area contributed by atoms with E-state index in [9.17, 15) is 23.2 Å². The fourth-order valence-corrected chi connectivity index (χ4v) is 2.64. The molecule has 7 nitrogen and oxygen atoms in total. The van der Waals surface area contributed by atoms with Crippen LogP contribution in [-0.2, 0) is 14.4 Å². The molecule has 9 heteroatoms. The van der Waals surface area contributed by atoms with E-state index in [2.05, 4.69) is 17.6 Å². The minimum atomic E-state index is -1.11. The highest BCUT2D eigenvalue weighted by atomic mass is 19.1. The molecule has 0 radical (unpaired) electrons. The molecule has 0 aliphatic heterocycles. The molecule has 0 aromatic heterocycles. The van der Waals surface area contributed by atoms with Gasteiger partial charge in [0.25, 0.3) is 0 Å². The summed E-state index contributed by atoms with van der Waals surface area (Å²) in [5.74, 6) is -3.94. The molecule has 3 amide bonds. The van der Waals surface area contributed by atoms with Crippen LogP contribution in [0.4, 0.5) is 8.78 Å². The third kappa shape index (κ3) is 9.87. The summed E-state index contributed by atoms with van der Waals surface area (Å²) >= 11 is 0. The van der Waals surface area contributed by atoms with Crippen molar-refractivity contribution in [2.75, 3.05) is 13.2 Å². The lowest BCUT2D eigenvalue weighted by atomic mass is 10.1. The van der Waals surface area contributed by atoms with Gasteiger partial charge in [0.1, 0.15) is 12.6 Å². The molecule has 0 aliphatic carbocycles. The number of carbonyl (C=O) groups is 3. The quantitative estimate of drug-likeness (QED) is 0.406. The third-order valence-corrected chi connectivity index (χ3v) is 4.13. The molecule has 0 spiro atoms. The summed E-state index contributed by atoms with van der Waals surface area (Å²) < 4.78 is 31.9. The molecular weight excluding hydrogens is 384 g/mol. The summed E-state index contributed by atoms with van der Waals surface area (Å²) in [6, 6.07) is 2.20. The Balaban J connectivity index is 2.43. The number of amides is 3. The van der Waals surface area contributed by atoms with E-state index in [4.69, 9.17) is 10.5 Å². The summed E-state index contributed by atoms with van der Waals surface area (Å²) in [6.45, 7) is 1.82. The van der Waals surface area contributed by atoms with E-state index in [0.29, 0.717) is 6.42 Å². The predicted molar refractivity (Wildman–Crippen MR) is 104 cm³/mol. The molecule has 0 aliphatic rings. The molecule has 162 valence electrons. The van der Waals surface area contributed by atoms with Crippen molar-refractivity contribution >= 4 is 17.7 Å². The summed E-state index contributed by atoms with van der Waals surface area (Å²) in [7, 11) is 0. The Morgan fingerprint density at radius 2 is 1.76 bits per heavy atom. The van der Waals surface area contributed by atoms with Crippen LogP contribution in [0.2, 0.25) is 0 Å². The maximum Gasteiger partial charge on any atom is 0.243 e. The van der Waals surface area contributed by atoms with Gasteiger partial charge in [-0.1, -0.05) is 38.7 Å². The Bertz CT molecular complexity index is 665. The van der Waals surface area contributed by atoms with Crippen LogP contribution in [0.1, 0.15) is 51.9 Å². The second kappa shape index (κ2) is 13.5. The lowest BCUT2D eigenvalue weighted by molar-refractivity contribution is -0.131. The SMILES string of the molecule is CCCCCCCC(=O)N[C@H](CC(N)=O)C(=O)NCCOc1c(F)cccc1F. The van der Waals surface area contributed by atoms with E-state index in [1.165, 1.54) is 6.07 Å². The molecule has 1 atom stereocenters. The molecule has 4 N–H and O–H groups in total. The molecule has 1 aromatic rings. The van der Waals surface area contributed by atoms with Crippen molar-refractivity contribution in [2.24, 2.45) is 5.73 Å². The monoisotopic (exact) mass is 413 g/mol. The number of hydrogen-bond donors (Lipinski definition) is 3. The van der Waals surface area contributed by atoms with Gasteiger partial charge >= 0.3 is 0 Å². The standard InChI is InChI=1S/C20H29F2N3O4/c1-2-3-4-5-6-10-18(27)25-16(13-17(23)26)20(28)24-11-12-29-19-14(21)8-7-9-15(19)22/h7-9,16H,2-6,10-13H2,1H3,(H2,23,26)(H,24,28)(H,25,27)/t16-/m1/s1. The highest BCUT2D eigenvalue weighted by Gasteiger charge is 2.22. The Labute approximate surface area is 169 Å². The predicted octanol–water partition coefficient (Wildman–Crippen LogP) is 2.18. The number of nitrogens with one attached hydrogen (secondary N) is 2. The van der Waals surface area contributed by atoms with Crippen LogP contribution in [0.25, 0.3) is 0 Å². The fourth-order valence-electron chi connectivity index (χ4n) is 2.64. The van der Waals surface area contributed by atoms with Gasteiger partial charge in [-0.3, -0.25) is 14.4 Å². The smallest absolute Gasteiger partial charge is 0.243 e. The Morgan fingerprint density at radius 3 is 2.38 bits per heavy atom. The van der Waals surface area contributed by atoms with Gasteiger partial charge in [0.15, 0.2) is 17.4 Å². The zero-order chi connectivity index (χ0) is 21.6. The van der Waals surface area contributed by atoms with Gasteiger partial charge in [0.2, 0.25) is 17.7 Å². The van der Waals surface area contributed by atoms with Crippen LogP contribution in [0.15, 0.2) is 18.2 Å². The van der Waals surface area contributed by atoms with Crippen molar-refractivity contribution in [3.63, 3.8) is 0 Å². The minimum absolute atomic E-state index is 0.0746. The van der Waals surface area contributed by atoms with Crippen LogP contribution in [0, 0.1) is 11.6 Å². The number of ether oxygens (including phenoxy) is 1. The summed E-state index contributed by atoms with van der Waals surface area (Å²) in [5.41, 5.74) is 5.15. The number of primary amides is 1. The summed E-state index contributed by atoms with van der Waals surface area (Å²) in [6.07, 6.45) is 4.75. The lowest BCUT2D eigenvalue weighted by Crippen LogP contribution is -2.49. The zero-order valence-electron chi connectivity index (χ0n) is 16.6. The van der Waals surface area contributed by atoms with Crippen LogP contribution in [0.5, 0.6) is 5.75 Å². The van der Waals surface area contributed by atoms with Gasteiger partial charge in [-0.25, -0.2) is 8.78 Å². The largest absolute Gasteiger partial charge is 0.486 e. The van der Waals surface area contributed by atoms with Crippen LogP contribution >= 0.6 is 0 Å². The number of carbonyl (C=O) groups excluding carboxylic acids is 3. The van der Waals surface area contributed by atoms with E-state index in [0.717, 1.165) is 37.8 Å². The molecule has 0 heterocycles. The molecule has 29 heavy (non-hydrogen) atoms. The first kappa shape index (κ1) is 24.3. The summed E-state index contributed by atoms with van der Waals surface area (Å²) in [4.78, 5) is 35.4. The number of unbranched alkanes of at least 4 members (excludes halogenated alkanes) is 4. The van der Waals surface area contributed by atoms with Crippen LogP contribution in [-0.4, -0.2) is 36.9 Å². The van der Waals surface area contributed by atoms with E-state index < -0.39 is 35.2 Å². The lowest BCUT2D eigenvalue weighted by Gasteiger charge is -2.17. The molecule has 1 rings (SSSR count). The zero-order valence-corrected chi connectivity index (χ0v) is 16.6. The molecule has 0 bridgehead atoms. The fraction of sp³-hybridized carbons (Fsp3) is 0.550.